The third-order valence-electron chi connectivity index (χ3n) is 0.498. The quantitative estimate of drug-likeness (QED) is 0.280. The van der Waals surface area contributed by atoms with Crippen LogP contribution in [0, 0.1) is 0 Å². The first-order valence-corrected chi connectivity index (χ1v) is 5.69. The van der Waals surface area contributed by atoms with Crippen LogP contribution in [-0.4, -0.2) is 41.2 Å². The van der Waals surface area contributed by atoms with Crippen molar-refractivity contribution in [1.29, 1.82) is 0 Å². The maximum atomic E-state index is 9.43. The Balaban J connectivity index is -0.000000180. The van der Waals surface area contributed by atoms with Gasteiger partial charge in [0.2, 0.25) is 0 Å². The van der Waals surface area contributed by atoms with Crippen LogP contribution in [0.1, 0.15) is 0 Å². The van der Waals surface area contributed by atoms with Crippen molar-refractivity contribution in [1.82, 2.24) is 0 Å². The van der Waals surface area contributed by atoms with Crippen LogP contribution in [0.5, 0.6) is 0 Å². The summed E-state index contributed by atoms with van der Waals surface area (Å²) in [5.41, 5.74) is -4.18. The van der Waals surface area contributed by atoms with Crippen molar-refractivity contribution in [3.8, 4) is 0 Å². The summed E-state index contributed by atoms with van der Waals surface area (Å²) in [6.45, 7) is 0. The summed E-state index contributed by atoms with van der Waals surface area (Å²) in [7, 11) is -9.64. The van der Waals surface area contributed by atoms with Gasteiger partial charge in [-0.15, -0.1) is 0 Å². The summed E-state index contributed by atoms with van der Waals surface area (Å²) in [5.74, 6) is 0. The second kappa shape index (κ2) is 7.44. The number of rotatable bonds is 2. The summed E-state index contributed by atoms with van der Waals surface area (Å²) in [6, 6.07) is 0. The smallest absolute Gasteiger partial charge is 0.433 e. The third kappa shape index (κ3) is 14.2. The zero-order valence-corrected chi connectivity index (χ0v) is 12.7. The fourth-order valence-corrected chi connectivity index (χ4v) is 0. The predicted molar refractivity (Wildman–Crippen MR) is 40.1 cm³/mol. The molecular formula is C2H6CdO10P2. The Morgan fingerprint density at radius 1 is 0.733 bits per heavy atom. The van der Waals surface area contributed by atoms with E-state index in [4.69, 9.17) is 29.8 Å². The number of hydrogen-bond donors (Lipinski definition) is 6. The van der Waals surface area contributed by atoms with Gasteiger partial charge in [-0.25, -0.2) is 18.7 Å². The largest absolute Gasteiger partial charge is 0.472 e. The molecule has 15 heavy (non-hydrogen) atoms. The molecular weight excluding hydrogens is 358 g/mol. The molecule has 0 saturated carbocycles. The molecule has 0 radical (unpaired) electrons. The minimum Gasteiger partial charge on any atom is -0.472 e. The molecule has 6 N–H and O–H groups in total. The zero-order valence-electron chi connectivity index (χ0n) is 6.92. The van der Waals surface area contributed by atoms with Gasteiger partial charge in [-0.3, -0.25) is 0 Å². The molecule has 0 rings (SSSR count). The SMILES string of the molecule is O=C(O)P(=O)(O)O.O=C(O)P(=O)(O)O.[Cd]. The van der Waals surface area contributed by atoms with Gasteiger partial charge in [-0.2, -0.15) is 0 Å². The number of carboxylic acid groups (broad SMARTS) is 2. The molecule has 0 aromatic heterocycles. The van der Waals surface area contributed by atoms with Gasteiger partial charge in [0.1, 0.15) is 0 Å². The average molecular weight is 364 g/mol. The van der Waals surface area contributed by atoms with Crippen molar-refractivity contribution < 1.29 is 75.8 Å². The molecule has 13 heteroatoms. The summed E-state index contributed by atoms with van der Waals surface area (Å²) in [4.78, 5) is 48.9. The van der Waals surface area contributed by atoms with Gasteiger partial charge in [-0.1, -0.05) is 0 Å². The standard InChI is InChI=1S/2CH3O5P.Cd/c2*2-1(3)7(4,5)6;/h2*(H,2,3)(H2,4,5,6);. The van der Waals surface area contributed by atoms with Crippen molar-refractivity contribution in [2.24, 2.45) is 0 Å². The fourth-order valence-electron chi connectivity index (χ4n) is 0. The van der Waals surface area contributed by atoms with Crippen molar-refractivity contribution in [3.05, 3.63) is 0 Å². The van der Waals surface area contributed by atoms with Crippen LogP contribution in [0.25, 0.3) is 0 Å². The molecule has 0 unspecified atom stereocenters. The van der Waals surface area contributed by atoms with Crippen LogP contribution in [0.2, 0.25) is 0 Å². The molecule has 0 spiro atoms. The van der Waals surface area contributed by atoms with Crippen LogP contribution in [0.4, 0.5) is 9.59 Å². The van der Waals surface area contributed by atoms with E-state index in [-0.39, 0.29) is 27.3 Å². The summed E-state index contributed by atoms with van der Waals surface area (Å²) < 4.78 is 18.9. The maximum absolute atomic E-state index is 9.43. The van der Waals surface area contributed by atoms with E-state index in [0.717, 1.165) is 0 Å². The maximum Gasteiger partial charge on any atom is 0.433 e. The van der Waals surface area contributed by atoms with Gasteiger partial charge < -0.3 is 29.8 Å². The number of hydrogen-bond acceptors (Lipinski definition) is 4. The van der Waals surface area contributed by atoms with E-state index in [1.54, 1.807) is 0 Å². The predicted octanol–water partition coefficient (Wildman–Crippen LogP) is -0.318. The molecule has 86 valence electrons. The van der Waals surface area contributed by atoms with E-state index in [9.17, 15) is 18.7 Å². The molecule has 0 aliphatic heterocycles. The van der Waals surface area contributed by atoms with Gasteiger partial charge in [-0.05, 0) is 0 Å². The summed E-state index contributed by atoms with van der Waals surface area (Å²) in [6.07, 6.45) is 0. The molecule has 0 heterocycles. The molecule has 0 aromatic carbocycles. The minimum absolute atomic E-state index is 0. The Bertz CT molecular complexity index is 277. The Kier molecular flexibility index (Phi) is 10.2. The van der Waals surface area contributed by atoms with Gasteiger partial charge in [0.25, 0.3) is 0 Å². The molecule has 0 saturated heterocycles. The summed E-state index contributed by atoms with van der Waals surface area (Å²) >= 11 is 0. The van der Waals surface area contributed by atoms with E-state index in [0.29, 0.717) is 0 Å². The Hall–Kier alpha value is 0.162. The molecule has 0 aliphatic carbocycles. The molecule has 0 aromatic rings. The van der Waals surface area contributed by atoms with Gasteiger partial charge in [0, 0.05) is 27.3 Å². The van der Waals surface area contributed by atoms with Crippen LogP contribution < -0.4 is 0 Å². The van der Waals surface area contributed by atoms with Crippen LogP contribution in [0.15, 0.2) is 0 Å². The first kappa shape index (κ1) is 20.6. The van der Waals surface area contributed by atoms with Crippen molar-refractivity contribution in [2.75, 3.05) is 0 Å². The van der Waals surface area contributed by atoms with Crippen LogP contribution in [0.3, 0.4) is 0 Å². The van der Waals surface area contributed by atoms with Crippen molar-refractivity contribution in [2.45, 2.75) is 0 Å². The number of carbonyl (C=O) groups is 2. The van der Waals surface area contributed by atoms with Crippen molar-refractivity contribution in [3.63, 3.8) is 0 Å². The minimum atomic E-state index is -4.82. The van der Waals surface area contributed by atoms with E-state index >= 15 is 0 Å². The Morgan fingerprint density at radius 2 is 0.800 bits per heavy atom. The first-order chi connectivity index (χ1) is 5.89. The molecule has 0 bridgehead atoms. The molecule has 10 nitrogen and oxygen atoms in total. The van der Waals surface area contributed by atoms with E-state index in [1.807, 2.05) is 0 Å². The molecule has 0 aliphatic rings. The third-order valence-corrected chi connectivity index (χ3v) is 1.50. The molecule has 0 amide bonds. The van der Waals surface area contributed by atoms with E-state index < -0.39 is 26.6 Å². The normalized spacial score (nSPS) is 10.4. The zero-order chi connectivity index (χ0) is 12.2. The van der Waals surface area contributed by atoms with Gasteiger partial charge in [0.05, 0.1) is 0 Å². The van der Waals surface area contributed by atoms with Crippen LogP contribution in [-0.2, 0) is 36.4 Å². The van der Waals surface area contributed by atoms with Crippen LogP contribution >= 0.6 is 15.2 Å². The Morgan fingerprint density at radius 3 is 0.800 bits per heavy atom. The monoisotopic (exact) mass is 366 g/mol. The fraction of sp³-hybridized carbons (Fsp3) is 0. The van der Waals surface area contributed by atoms with Gasteiger partial charge in [0.15, 0.2) is 0 Å². The average Bonchev–Trinajstić information content (AvgIpc) is 1.83. The van der Waals surface area contributed by atoms with E-state index in [1.165, 1.54) is 0 Å². The summed E-state index contributed by atoms with van der Waals surface area (Å²) in [5, 5.41) is 15.0. The molecule has 0 fully saturated rings. The van der Waals surface area contributed by atoms with Crippen molar-refractivity contribution >= 4 is 26.6 Å². The van der Waals surface area contributed by atoms with E-state index in [2.05, 4.69) is 0 Å². The Labute approximate surface area is 102 Å². The first-order valence-electron chi connectivity index (χ1n) is 2.47. The second-order valence-electron chi connectivity index (χ2n) is 1.65. The molecule has 0 atom stereocenters. The van der Waals surface area contributed by atoms with Gasteiger partial charge >= 0.3 is 26.6 Å². The second-order valence-corrected chi connectivity index (χ2v) is 4.59. The topological polar surface area (TPSA) is 190 Å².